The first-order valence-corrected chi connectivity index (χ1v) is 8.89. The second-order valence-electron chi connectivity index (χ2n) is 5.70. The number of thiophene rings is 1. The van der Waals surface area contributed by atoms with Crippen molar-refractivity contribution in [2.45, 2.75) is 25.4 Å². The first-order chi connectivity index (χ1) is 11.7. The quantitative estimate of drug-likeness (QED) is 0.895. The van der Waals surface area contributed by atoms with E-state index in [-0.39, 0.29) is 12.1 Å². The maximum absolute atomic E-state index is 12.6. The van der Waals surface area contributed by atoms with E-state index in [1.165, 1.54) is 0 Å². The molecule has 6 heteroatoms. The fourth-order valence-electron chi connectivity index (χ4n) is 3.11. The lowest BCUT2D eigenvalue weighted by atomic mass is 10.0. The molecule has 2 amide bonds. The minimum atomic E-state index is -0.0317. The second-order valence-corrected chi connectivity index (χ2v) is 6.73. The van der Waals surface area contributed by atoms with Gasteiger partial charge in [-0.2, -0.15) is 0 Å². The summed E-state index contributed by atoms with van der Waals surface area (Å²) in [4.78, 5) is 15.7. The van der Waals surface area contributed by atoms with Gasteiger partial charge in [-0.1, -0.05) is 6.07 Å². The number of urea groups is 1. The number of benzene rings is 1. The predicted molar refractivity (Wildman–Crippen MR) is 94.8 cm³/mol. The number of carbonyl (C=O) groups excluding carboxylic acids is 1. The lowest BCUT2D eigenvalue weighted by Crippen LogP contribution is -2.39. The summed E-state index contributed by atoms with van der Waals surface area (Å²) in [5.74, 6) is 1.57. The smallest absolute Gasteiger partial charge is 0.318 e. The average molecular weight is 346 g/mol. The van der Waals surface area contributed by atoms with Crippen LogP contribution in [0, 0.1) is 0 Å². The zero-order valence-corrected chi connectivity index (χ0v) is 14.8. The number of likely N-dealkylation sites (tertiary alicyclic amines) is 1. The molecular formula is C18H22N2O3S. The Balaban J connectivity index is 1.76. The van der Waals surface area contributed by atoms with Crippen LogP contribution in [0.2, 0.25) is 0 Å². The van der Waals surface area contributed by atoms with Crippen LogP contribution in [0.15, 0.2) is 35.7 Å². The Bertz CT molecular complexity index is 688. The van der Waals surface area contributed by atoms with Crippen LogP contribution < -0.4 is 14.8 Å². The van der Waals surface area contributed by atoms with E-state index in [1.807, 2.05) is 40.6 Å². The highest BCUT2D eigenvalue weighted by Gasteiger charge is 2.32. The minimum Gasteiger partial charge on any atom is -0.497 e. The molecule has 0 bridgehead atoms. The van der Waals surface area contributed by atoms with Gasteiger partial charge in [-0.15, -0.1) is 11.3 Å². The molecule has 0 saturated carbocycles. The number of carbonyl (C=O) groups is 1. The summed E-state index contributed by atoms with van der Waals surface area (Å²) in [6.45, 7) is 1.32. The molecule has 1 atom stereocenters. The first-order valence-electron chi connectivity index (χ1n) is 8.01. The Labute approximate surface area is 146 Å². The summed E-state index contributed by atoms with van der Waals surface area (Å²) in [7, 11) is 3.30. The molecule has 1 fully saturated rings. The third-order valence-electron chi connectivity index (χ3n) is 4.30. The fourth-order valence-corrected chi connectivity index (χ4v) is 3.75. The Morgan fingerprint density at radius 3 is 2.92 bits per heavy atom. The minimum absolute atomic E-state index is 0.0124. The maximum atomic E-state index is 12.6. The summed E-state index contributed by atoms with van der Waals surface area (Å²) >= 11 is 1.65. The van der Waals surface area contributed by atoms with E-state index in [0.29, 0.717) is 6.54 Å². The van der Waals surface area contributed by atoms with Crippen LogP contribution in [0.3, 0.4) is 0 Å². The molecule has 24 heavy (non-hydrogen) atoms. The van der Waals surface area contributed by atoms with Gasteiger partial charge < -0.3 is 19.7 Å². The molecule has 2 heterocycles. The van der Waals surface area contributed by atoms with Crippen LogP contribution >= 0.6 is 11.3 Å². The summed E-state index contributed by atoms with van der Waals surface area (Å²) in [6.07, 6.45) is 1.91. The zero-order chi connectivity index (χ0) is 16.9. The van der Waals surface area contributed by atoms with E-state index in [1.54, 1.807) is 25.6 Å². The van der Waals surface area contributed by atoms with Crippen LogP contribution in [0.1, 0.15) is 29.3 Å². The third-order valence-corrected chi connectivity index (χ3v) is 5.18. The van der Waals surface area contributed by atoms with Gasteiger partial charge in [-0.05, 0) is 42.5 Å². The first kappa shape index (κ1) is 16.6. The molecule has 1 saturated heterocycles. The molecule has 1 aliphatic heterocycles. The maximum Gasteiger partial charge on any atom is 0.318 e. The lowest BCUT2D eigenvalue weighted by Gasteiger charge is -2.26. The third kappa shape index (κ3) is 3.48. The monoisotopic (exact) mass is 346 g/mol. The van der Waals surface area contributed by atoms with E-state index in [2.05, 4.69) is 5.32 Å². The highest BCUT2D eigenvalue weighted by Crippen LogP contribution is 2.38. The normalized spacial score (nSPS) is 16.9. The van der Waals surface area contributed by atoms with E-state index in [0.717, 1.165) is 41.3 Å². The van der Waals surface area contributed by atoms with Gasteiger partial charge in [0.05, 0.1) is 26.8 Å². The van der Waals surface area contributed by atoms with Crippen molar-refractivity contribution in [1.82, 2.24) is 10.2 Å². The Morgan fingerprint density at radius 1 is 1.33 bits per heavy atom. The average Bonchev–Trinajstić information content (AvgIpc) is 3.30. The Morgan fingerprint density at radius 2 is 2.21 bits per heavy atom. The number of nitrogens with zero attached hydrogens (tertiary/aromatic N) is 1. The van der Waals surface area contributed by atoms with Gasteiger partial charge in [0.2, 0.25) is 0 Å². The van der Waals surface area contributed by atoms with Gasteiger partial charge in [0.25, 0.3) is 0 Å². The molecule has 3 rings (SSSR count). The van der Waals surface area contributed by atoms with Crippen molar-refractivity contribution in [3.8, 4) is 11.5 Å². The number of hydrogen-bond acceptors (Lipinski definition) is 4. The number of methoxy groups -OCH3 is 2. The molecule has 1 N–H and O–H groups in total. The highest BCUT2D eigenvalue weighted by molar-refractivity contribution is 7.09. The van der Waals surface area contributed by atoms with Gasteiger partial charge in [0.15, 0.2) is 0 Å². The number of nitrogens with one attached hydrogen (secondary N) is 1. The molecule has 0 unspecified atom stereocenters. The highest BCUT2D eigenvalue weighted by atomic mass is 32.1. The lowest BCUT2D eigenvalue weighted by molar-refractivity contribution is 0.191. The molecule has 0 aliphatic carbocycles. The van der Waals surface area contributed by atoms with E-state index in [4.69, 9.17) is 9.47 Å². The molecule has 0 radical (unpaired) electrons. The summed E-state index contributed by atoms with van der Waals surface area (Å²) in [5, 5.41) is 5.03. The number of ether oxygens (including phenoxy) is 2. The van der Waals surface area contributed by atoms with Crippen molar-refractivity contribution in [2.24, 2.45) is 0 Å². The van der Waals surface area contributed by atoms with Gasteiger partial charge in [-0.3, -0.25) is 0 Å². The topological polar surface area (TPSA) is 50.8 Å². The van der Waals surface area contributed by atoms with Crippen molar-refractivity contribution >= 4 is 17.4 Å². The van der Waals surface area contributed by atoms with Crippen molar-refractivity contribution in [3.63, 3.8) is 0 Å². The molecule has 5 nitrogen and oxygen atoms in total. The van der Waals surface area contributed by atoms with Gasteiger partial charge in [0.1, 0.15) is 11.5 Å². The van der Waals surface area contributed by atoms with Crippen LogP contribution in [0.25, 0.3) is 0 Å². The molecule has 1 aliphatic rings. The Kier molecular flexibility index (Phi) is 5.25. The summed E-state index contributed by atoms with van der Waals surface area (Å²) in [6, 6.07) is 9.74. The second kappa shape index (κ2) is 7.57. The molecule has 2 aromatic rings. The van der Waals surface area contributed by atoms with Crippen molar-refractivity contribution in [2.75, 3.05) is 20.8 Å². The largest absolute Gasteiger partial charge is 0.497 e. The van der Waals surface area contributed by atoms with Crippen molar-refractivity contribution < 1.29 is 14.3 Å². The molecule has 1 aromatic carbocycles. The molecule has 128 valence electrons. The van der Waals surface area contributed by atoms with Crippen molar-refractivity contribution in [1.29, 1.82) is 0 Å². The standard InChI is InChI=1S/C18H22N2O3S/c1-22-13-7-8-17(23-2)15(11-13)16-6-3-9-20(16)18(21)19-12-14-5-4-10-24-14/h4-5,7-8,10-11,16H,3,6,9,12H2,1-2H3,(H,19,21)/t16-/m0/s1. The van der Waals surface area contributed by atoms with Crippen LogP contribution in [0.4, 0.5) is 4.79 Å². The number of hydrogen-bond donors (Lipinski definition) is 1. The van der Waals surface area contributed by atoms with Gasteiger partial charge in [0, 0.05) is 17.0 Å². The van der Waals surface area contributed by atoms with E-state index >= 15 is 0 Å². The number of rotatable bonds is 5. The van der Waals surface area contributed by atoms with Gasteiger partial charge in [-0.25, -0.2) is 4.79 Å². The fraction of sp³-hybridized carbons (Fsp3) is 0.389. The predicted octanol–water partition coefficient (Wildman–Crippen LogP) is 3.81. The van der Waals surface area contributed by atoms with E-state index in [9.17, 15) is 4.79 Å². The van der Waals surface area contributed by atoms with Gasteiger partial charge >= 0.3 is 6.03 Å². The summed E-state index contributed by atoms with van der Waals surface area (Å²) < 4.78 is 10.8. The summed E-state index contributed by atoms with van der Waals surface area (Å²) in [5.41, 5.74) is 1.00. The molecular weight excluding hydrogens is 324 g/mol. The SMILES string of the molecule is COc1ccc(OC)c([C@@H]2CCCN2C(=O)NCc2cccs2)c1. The number of amides is 2. The molecule has 1 aromatic heterocycles. The van der Waals surface area contributed by atoms with Crippen LogP contribution in [-0.2, 0) is 6.54 Å². The Hall–Kier alpha value is -2.21. The van der Waals surface area contributed by atoms with Crippen molar-refractivity contribution in [3.05, 3.63) is 46.2 Å². The van der Waals surface area contributed by atoms with Crippen LogP contribution in [0.5, 0.6) is 11.5 Å². The van der Waals surface area contributed by atoms with Crippen LogP contribution in [-0.4, -0.2) is 31.7 Å². The zero-order valence-electron chi connectivity index (χ0n) is 14.0. The van der Waals surface area contributed by atoms with E-state index < -0.39 is 0 Å². The molecule has 0 spiro atoms.